The van der Waals surface area contributed by atoms with Crippen molar-refractivity contribution in [2.45, 2.75) is 70.4 Å². The number of aliphatic carboxylic acids is 1. The van der Waals surface area contributed by atoms with Crippen molar-refractivity contribution in [2.24, 2.45) is 40.9 Å². The molecule has 8 nitrogen and oxygen atoms in total. The van der Waals surface area contributed by atoms with Gasteiger partial charge in [0, 0.05) is 18.7 Å². The van der Waals surface area contributed by atoms with E-state index >= 15 is 0 Å². The first kappa shape index (κ1) is 25.4. The average Bonchev–Trinajstić information content (AvgIpc) is 3.21. The Bertz CT molecular complexity index is 1140. The zero-order valence-corrected chi connectivity index (χ0v) is 22.0. The van der Waals surface area contributed by atoms with E-state index in [0.29, 0.717) is 19.4 Å². The van der Waals surface area contributed by atoms with E-state index in [1.54, 1.807) is 0 Å². The number of amides is 2. The lowest BCUT2D eigenvalue weighted by atomic mass is 9.70. The van der Waals surface area contributed by atoms with E-state index in [9.17, 15) is 23.9 Å². The summed E-state index contributed by atoms with van der Waals surface area (Å²) < 4.78 is 26.1. The molecule has 0 spiro atoms. The van der Waals surface area contributed by atoms with Gasteiger partial charge in [-0.25, -0.2) is 4.39 Å². The molecule has 6 atom stereocenters. The number of fused-ring (bicyclic) bond motifs is 3. The molecule has 5 saturated carbocycles. The molecule has 2 unspecified atom stereocenters. The number of hydrogen-bond donors (Lipinski definition) is 3. The molecule has 0 aliphatic heterocycles. The molecule has 1 aromatic rings. The molecule has 5 aliphatic rings. The normalized spacial score (nSPS) is 35.7. The number of ether oxygens (including phenoxy) is 2. The molecular formula is C29H37FN2O6. The van der Waals surface area contributed by atoms with E-state index < -0.39 is 17.7 Å². The lowest BCUT2D eigenvalue weighted by molar-refractivity contribution is -0.139. The molecule has 0 aromatic heterocycles. The Kier molecular flexibility index (Phi) is 6.30. The van der Waals surface area contributed by atoms with Crippen LogP contribution in [0.25, 0.3) is 0 Å². The summed E-state index contributed by atoms with van der Waals surface area (Å²) in [7, 11) is 1.39. The molecule has 2 amide bonds. The Morgan fingerprint density at radius 3 is 2.39 bits per heavy atom. The fourth-order valence-corrected chi connectivity index (χ4v) is 7.89. The molecule has 9 heteroatoms. The summed E-state index contributed by atoms with van der Waals surface area (Å²) in [6.45, 7) is 2.87. The summed E-state index contributed by atoms with van der Waals surface area (Å²) in [5, 5.41) is 15.5. The summed E-state index contributed by atoms with van der Waals surface area (Å²) in [5.41, 5.74) is 0.345. The van der Waals surface area contributed by atoms with Crippen molar-refractivity contribution in [3.05, 3.63) is 23.5 Å². The van der Waals surface area contributed by atoms with Gasteiger partial charge in [0.05, 0.1) is 30.6 Å². The zero-order valence-electron chi connectivity index (χ0n) is 22.0. The number of carbonyl (C=O) groups excluding carboxylic acids is 2. The second kappa shape index (κ2) is 9.42. The molecule has 2 bridgehead atoms. The molecule has 0 radical (unpaired) electrons. The van der Waals surface area contributed by atoms with E-state index in [4.69, 9.17) is 9.47 Å². The minimum atomic E-state index is -0.780. The molecule has 5 fully saturated rings. The van der Waals surface area contributed by atoms with Crippen LogP contribution in [-0.2, 0) is 9.59 Å². The molecule has 3 N–H and O–H groups in total. The Balaban J connectivity index is 1.15. The third-order valence-electron chi connectivity index (χ3n) is 10.2. The smallest absolute Gasteiger partial charge is 0.307 e. The van der Waals surface area contributed by atoms with E-state index in [-0.39, 0.29) is 76.0 Å². The number of halogens is 1. The highest BCUT2D eigenvalue weighted by atomic mass is 19.1. The minimum absolute atomic E-state index is 0.0187. The standard InChI is InChI=1S/C29H37FN2O6/c1-29(6-3-7-29)13-31-27(34)23-14-4-5-15(8-14)25(23)32-26(33)19-11-22(20(30)12-21(19)37-2)38-16-9-17-18(10-16)24(17)28(35)36/h11-12,14-18,23-25H,3-10,13H2,1-2H3,(H,31,34)(H,32,33)(H,35,36)/t14-,15+,16?,17?,18?,23+,24?,25-/m1/s1. The predicted octanol–water partition coefficient (Wildman–Crippen LogP) is 3.77. The maximum Gasteiger partial charge on any atom is 0.307 e. The van der Waals surface area contributed by atoms with Gasteiger partial charge in [-0.05, 0) is 80.1 Å². The Labute approximate surface area is 222 Å². The number of rotatable bonds is 9. The van der Waals surface area contributed by atoms with Gasteiger partial charge in [-0.1, -0.05) is 13.3 Å². The van der Waals surface area contributed by atoms with Gasteiger partial charge in [0.2, 0.25) is 5.91 Å². The van der Waals surface area contributed by atoms with Gasteiger partial charge in [0.15, 0.2) is 11.6 Å². The fraction of sp³-hybridized carbons (Fsp3) is 0.690. The molecule has 206 valence electrons. The van der Waals surface area contributed by atoms with Crippen LogP contribution in [0.15, 0.2) is 12.1 Å². The van der Waals surface area contributed by atoms with E-state index in [0.717, 1.165) is 38.2 Å². The zero-order chi connectivity index (χ0) is 26.8. The first-order valence-electron chi connectivity index (χ1n) is 14.0. The first-order valence-corrected chi connectivity index (χ1v) is 14.0. The lowest BCUT2D eigenvalue weighted by Crippen LogP contribution is -2.51. The van der Waals surface area contributed by atoms with Crippen molar-refractivity contribution < 1.29 is 33.4 Å². The van der Waals surface area contributed by atoms with Crippen LogP contribution in [0.1, 0.15) is 68.6 Å². The molecule has 5 aliphatic carbocycles. The van der Waals surface area contributed by atoms with Crippen LogP contribution in [0.4, 0.5) is 4.39 Å². The van der Waals surface area contributed by atoms with E-state index in [2.05, 4.69) is 17.6 Å². The highest BCUT2D eigenvalue weighted by molar-refractivity contribution is 5.98. The maximum atomic E-state index is 14.9. The van der Waals surface area contributed by atoms with Crippen molar-refractivity contribution in [3.8, 4) is 11.5 Å². The molecule has 6 rings (SSSR count). The van der Waals surface area contributed by atoms with Gasteiger partial charge in [-0.3, -0.25) is 14.4 Å². The second-order valence-electron chi connectivity index (χ2n) is 12.6. The Hall–Kier alpha value is -2.84. The van der Waals surface area contributed by atoms with E-state index in [1.165, 1.54) is 19.6 Å². The van der Waals surface area contributed by atoms with Gasteiger partial charge in [0.1, 0.15) is 5.75 Å². The van der Waals surface area contributed by atoms with Crippen molar-refractivity contribution in [3.63, 3.8) is 0 Å². The van der Waals surface area contributed by atoms with Gasteiger partial charge < -0.3 is 25.2 Å². The molecule has 38 heavy (non-hydrogen) atoms. The highest BCUT2D eigenvalue weighted by Crippen LogP contribution is 2.58. The SMILES string of the molecule is COc1cc(F)c(OC2CC3C(C2)C3C(=O)O)cc1C(=O)N[C@@H]1[C@H]2CC[C@H](C2)[C@@H]1C(=O)NCC1(C)CCC1. The maximum absolute atomic E-state index is 14.9. The molecule has 0 heterocycles. The van der Waals surface area contributed by atoms with Gasteiger partial charge in [0.25, 0.3) is 5.91 Å². The van der Waals surface area contributed by atoms with Crippen LogP contribution in [0.2, 0.25) is 0 Å². The second-order valence-corrected chi connectivity index (χ2v) is 12.6. The van der Waals surface area contributed by atoms with Crippen molar-refractivity contribution in [1.29, 1.82) is 0 Å². The summed E-state index contributed by atoms with van der Waals surface area (Å²) in [6.07, 6.45) is 7.21. The average molecular weight is 529 g/mol. The summed E-state index contributed by atoms with van der Waals surface area (Å²) in [5.74, 6) is -1.66. The summed E-state index contributed by atoms with van der Waals surface area (Å²) in [6, 6.07) is 2.26. The lowest BCUT2D eigenvalue weighted by Gasteiger charge is -2.39. The van der Waals surface area contributed by atoms with Crippen molar-refractivity contribution >= 4 is 17.8 Å². The number of carboxylic acid groups (broad SMARTS) is 1. The van der Waals surface area contributed by atoms with Crippen LogP contribution in [0.3, 0.4) is 0 Å². The summed E-state index contributed by atoms with van der Waals surface area (Å²) >= 11 is 0. The fourth-order valence-electron chi connectivity index (χ4n) is 7.89. The molecule has 0 saturated heterocycles. The van der Waals surface area contributed by atoms with Crippen LogP contribution in [0, 0.1) is 46.7 Å². The van der Waals surface area contributed by atoms with Crippen molar-refractivity contribution in [1.82, 2.24) is 10.6 Å². The third-order valence-corrected chi connectivity index (χ3v) is 10.2. The quantitative estimate of drug-likeness (QED) is 0.450. The number of methoxy groups -OCH3 is 1. The number of nitrogens with one attached hydrogen (secondary N) is 2. The van der Waals surface area contributed by atoms with Gasteiger partial charge in [-0.15, -0.1) is 0 Å². The van der Waals surface area contributed by atoms with E-state index in [1.807, 2.05) is 0 Å². The number of carboxylic acids is 1. The van der Waals surface area contributed by atoms with Gasteiger partial charge >= 0.3 is 5.97 Å². The number of carbonyl (C=O) groups is 3. The van der Waals surface area contributed by atoms with Gasteiger partial charge in [-0.2, -0.15) is 0 Å². The highest BCUT2D eigenvalue weighted by Gasteiger charge is 2.60. The van der Waals surface area contributed by atoms with Crippen LogP contribution < -0.4 is 20.1 Å². The Morgan fingerprint density at radius 1 is 1.05 bits per heavy atom. The molecule has 1 aromatic carbocycles. The topological polar surface area (TPSA) is 114 Å². The van der Waals surface area contributed by atoms with Crippen LogP contribution >= 0.6 is 0 Å². The monoisotopic (exact) mass is 528 g/mol. The number of hydrogen-bond acceptors (Lipinski definition) is 5. The van der Waals surface area contributed by atoms with Crippen LogP contribution in [-0.4, -0.2) is 48.7 Å². The first-order chi connectivity index (χ1) is 18.2. The third kappa shape index (κ3) is 4.41. The predicted molar refractivity (Wildman–Crippen MR) is 135 cm³/mol. The Morgan fingerprint density at radius 2 is 1.76 bits per heavy atom. The largest absolute Gasteiger partial charge is 0.496 e. The van der Waals surface area contributed by atoms with Crippen LogP contribution in [0.5, 0.6) is 11.5 Å². The number of benzene rings is 1. The minimum Gasteiger partial charge on any atom is -0.496 e. The summed E-state index contributed by atoms with van der Waals surface area (Å²) in [4.78, 5) is 38.0. The molecular weight excluding hydrogens is 491 g/mol. The van der Waals surface area contributed by atoms with Crippen molar-refractivity contribution in [2.75, 3.05) is 13.7 Å².